The number of hydrogen-bond donors (Lipinski definition) is 2. The first kappa shape index (κ1) is 12.1. The van der Waals surface area contributed by atoms with Crippen LogP contribution < -0.4 is 0 Å². The van der Waals surface area contributed by atoms with Crippen LogP contribution in [-0.4, -0.2) is 54.9 Å². The average Bonchev–Trinajstić information content (AvgIpc) is 1.76. The molecule has 0 saturated carbocycles. The number of hydrogen-bond acceptors (Lipinski definition) is 2. The minimum atomic E-state index is -3.98. The maximum absolute atomic E-state index is 10.3. The van der Waals surface area contributed by atoms with Crippen LogP contribution in [0.5, 0.6) is 0 Å². The van der Waals surface area contributed by atoms with E-state index in [4.69, 9.17) is 14.5 Å². The Balaban J connectivity index is 3.41. The van der Waals surface area contributed by atoms with Crippen LogP contribution in [0.4, 0.5) is 0 Å². The van der Waals surface area contributed by atoms with E-state index in [-0.39, 0.29) is 0 Å². The maximum atomic E-state index is 10.3. The summed E-state index contributed by atoms with van der Waals surface area (Å²) in [6, 6.07) is 0. The lowest BCUT2D eigenvalue weighted by Crippen LogP contribution is -2.37. The van der Waals surface area contributed by atoms with E-state index in [1.54, 1.807) is 0 Å². The molecule has 2 N–H and O–H groups in total. The number of ether oxygens (including phenoxy) is 1. The summed E-state index contributed by atoms with van der Waals surface area (Å²) in [5.74, 6) is 0. The first-order valence-electron chi connectivity index (χ1n) is 3.63. The summed E-state index contributed by atoms with van der Waals surface area (Å²) in [6.45, 7) is 1.11. The molecule has 12 heavy (non-hydrogen) atoms. The van der Waals surface area contributed by atoms with E-state index in [1.807, 2.05) is 21.1 Å². The Morgan fingerprint density at radius 2 is 1.83 bits per heavy atom. The molecule has 0 radical (unpaired) electrons. The summed E-state index contributed by atoms with van der Waals surface area (Å²) in [4.78, 5) is 16.9. The van der Waals surface area contributed by atoms with E-state index in [1.165, 1.54) is 0 Å². The van der Waals surface area contributed by atoms with Crippen LogP contribution in [0.25, 0.3) is 0 Å². The van der Waals surface area contributed by atoms with Gasteiger partial charge in [0.1, 0.15) is 12.9 Å². The first-order valence-corrected chi connectivity index (χ1v) is 5.43. The van der Waals surface area contributed by atoms with Crippen molar-refractivity contribution in [3.8, 4) is 0 Å². The standard InChI is InChI=1S/C6H16NO4P/c1-7(2,3)4-5-11-6-12(8,9)10/h4-6H2,1-3H3,(H-,8,9,10)/p+1. The third-order valence-corrected chi connectivity index (χ3v) is 1.68. The van der Waals surface area contributed by atoms with Crippen LogP contribution in [-0.2, 0) is 9.30 Å². The summed E-state index contributed by atoms with van der Waals surface area (Å²) in [5.41, 5.74) is 0. The summed E-state index contributed by atoms with van der Waals surface area (Å²) in [5, 5.41) is 0. The molecule has 0 unspecified atom stereocenters. The number of rotatable bonds is 5. The summed E-state index contributed by atoms with van der Waals surface area (Å²) in [7, 11) is 1.98. The molecule has 0 fully saturated rings. The lowest BCUT2D eigenvalue weighted by atomic mass is 10.5. The van der Waals surface area contributed by atoms with Crippen LogP contribution in [0, 0.1) is 0 Å². The Bertz CT molecular complexity index is 171. The molecule has 74 valence electrons. The number of quaternary nitrogens is 1. The molecule has 5 nitrogen and oxygen atoms in total. The van der Waals surface area contributed by atoms with Crippen molar-refractivity contribution in [1.82, 2.24) is 0 Å². The molecule has 0 saturated heterocycles. The van der Waals surface area contributed by atoms with Gasteiger partial charge in [0.2, 0.25) is 0 Å². The Hall–Kier alpha value is 0.0700. The first-order chi connectivity index (χ1) is 5.21. The van der Waals surface area contributed by atoms with Crippen molar-refractivity contribution in [3.05, 3.63) is 0 Å². The molecule has 0 rings (SSSR count). The number of nitrogens with zero attached hydrogens (tertiary/aromatic N) is 1. The van der Waals surface area contributed by atoms with Crippen molar-refractivity contribution < 1.29 is 23.6 Å². The summed E-state index contributed by atoms with van der Waals surface area (Å²) < 4.78 is 15.8. The Morgan fingerprint density at radius 3 is 2.17 bits per heavy atom. The predicted octanol–water partition coefficient (Wildman–Crippen LogP) is -0.156. The molecule has 0 aromatic rings. The number of likely N-dealkylation sites (N-methyl/N-ethyl adjacent to an activating group) is 1. The molecule has 0 amide bonds. The largest absolute Gasteiger partial charge is 0.363 e. The monoisotopic (exact) mass is 198 g/mol. The summed E-state index contributed by atoms with van der Waals surface area (Å²) in [6.07, 6.45) is -0.479. The second-order valence-electron chi connectivity index (χ2n) is 3.72. The smallest absolute Gasteiger partial charge is 0.350 e. The molecule has 0 spiro atoms. The van der Waals surface area contributed by atoms with Gasteiger partial charge >= 0.3 is 7.60 Å². The van der Waals surface area contributed by atoms with Gasteiger partial charge in [-0.05, 0) is 0 Å². The molecule has 0 aliphatic rings. The van der Waals surface area contributed by atoms with Gasteiger partial charge in [0.15, 0.2) is 0 Å². The molecule has 0 aliphatic carbocycles. The van der Waals surface area contributed by atoms with E-state index in [0.717, 1.165) is 11.0 Å². The van der Waals surface area contributed by atoms with Gasteiger partial charge in [-0.2, -0.15) is 0 Å². The van der Waals surface area contributed by atoms with Crippen LogP contribution in [0.3, 0.4) is 0 Å². The minimum absolute atomic E-state index is 0.370. The fraction of sp³-hybridized carbons (Fsp3) is 1.00. The molecule has 0 bridgehead atoms. The molecule has 0 aromatic heterocycles. The highest BCUT2D eigenvalue weighted by molar-refractivity contribution is 7.51. The van der Waals surface area contributed by atoms with E-state index in [2.05, 4.69) is 0 Å². The van der Waals surface area contributed by atoms with Gasteiger partial charge in [-0.3, -0.25) is 4.57 Å². The van der Waals surface area contributed by atoms with Crippen molar-refractivity contribution in [2.24, 2.45) is 0 Å². The van der Waals surface area contributed by atoms with Gasteiger partial charge in [-0.25, -0.2) is 0 Å². The third kappa shape index (κ3) is 10.1. The molecule has 0 aromatic carbocycles. The molecule has 0 heterocycles. The normalized spacial score (nSPS) is 13.4. The molecule has 0 atom stereocenters. The fourth-order valence-electron chi connectivity index (χ4n) is 0.522. The summed E-state index contributed by atoms with van der Waals surface area (Å²) >= 11 is 0. The highest BCUT2D eigenvalue weighted by Crippen LogP contribution is 2.33. The highest BCUT2D eigenvalue weighted by atomic mass is 31.2. The zero-order chi connectivity index (χ0) is 9.83. The van der Waals surface area contributed by atoms with Crippen LogP contribution in [0.2, 0.25) is 0 Å². The second-order valence-corrected chi connectivity index (χ2v) is 5.30. The maximum Gasteiger partial charge on any atom is 0.350 e. The molecular formula is C6H17NO4P+. The Kier molecular flexibility index (Phi) is 4.37. The fourth-order valence-corrected chi connectivity index (χ4v) is 0.889. The van der Waals surface area contributed by atoms with Crippen molar-refractivity contribution in [3.63, 3.8) is 0 Å². The van der Waals surface area contributed by atoms with Crippen molar-refractivity contribution >= 4 is 7.60 Å². The van der Waals surface area contributed by atoms with E-state index < -0.39 is 13.9 Å². The van der Waals surface area contributed by atoms with Gasteiger partial charge in [-0.15, -0.1) is 0 Å². The van der Waals surface area contributed by atoms with Crippen LogP contribution in [0.15, 0.2) is 0 Å². The van der Waals surface area contributed by atoms with Gasteiger partial charge < -0.3 is 19.0 Å². The van der Waals surface area contributed by atoms with Gasteiger partial charge in [0.05, 0.1) is 27.7 Å². The van der Waals surface area contributed by atoms with Crippen LogP contribution in [0.1, 0.15) is 0 Å². The quantitative estimate of drug-likeness (QED) is 0.366. The molecule has 0 aliphatic heterocycles. The Morgan fingerprint density at radius 1 is 1.33 bits per heavy atom. The van der Waals surface area contributed by atoms with Crippen molar-refractivity contribution in [2.45, 2.75) is 0 Å². The lowest BCUT2D eigenvalue weighted by molar-refractivity contribution is -0.870. The van der Waals surface area contributed by atoms with Crippen molar-refractivity contribution in [1.29, 1.82) is 0 Å². The third-order valence-electron chi connectivity index (χ3n) is 1.17. The minimum Gasteiger partial charge on any atom is -0.363 e. The van der Waals surface area contributed by atoms with Gasteiger partial charge in [0.25, 0.3) is 0 Å². The van der Waals surface area contributed by atoms with Gasteiger partial charge in [0, 0.05) is 0 Å². The highest BCUT2D eigenvalue weighted by Gasteiger charge is 2.13. The zero-order valence-electron chi connectivity index (χ0n) is 7.73. The van der Waals surface area contributed by atoms with E-state index in [0.29, 0.717) is 6.61 Å². The Labute approximate surface area is 72.7 Å². The van der Waals surface area contributed by atoms with E-state index >= 15 is 0 Å². The SMILES string of the molecule is C[N+](C)(C)CCOCP(=O)(O)O. The molecule has 6 heteroatoms. The van der Waals surface area contributed by atoms with Crippen molar-refractivity contribution in [2.75, 3.05) is 40.6 Å². The van der Waals surface area contributed by atoms with E-state index in [9.17, 15) is 4.57 Å². The van der Waals surface area contributed by atoms with Crippen LogP contribution >= 0.6 is 7.60 Å². The second kappa shape index (κ2) is 4.35. The lowest BCUT2D eigenvalue weighted by Gasteiger charge is -2.23. The zero-order valence-corrected chi connectivity index (χ0v) is 8.62. The molecular weight excluding hydrogens is 181 g/mol. The average molecular weight is 198 g/mol. The predicted molar refractivity (Wildman–Crippen MR) is 45.8 cm³/mol. The van der Waals surface area contributed by atoms with Gasteiger partial charge in [-0.1, -0.05) is 0 Å². The topological polar surface area (TPSA) is 66.8 Å².